The first-order chi connectivity index (χ1) is 3.35. The standard InChI is InChI=1S/C6H15P.CH4.CH3.Cu/c1-4-7(5-2)6-3;;;/h4-6H2,1-3H3;1H4;1H3;/q;;-1;/p+1. The van der Waals surface area contributed by atoms with E-state index in [4.69, 9.17) is 0 Å². The first-order valence-corrected chi connectivity index (χ1v) is 5.30. The van der Waals surface area contributed by atoms with Crippen LogP contribution in [0, 0.1) is 7.43 Å². The molecule has 0 aliphatic rings. The summed E-state index contributed by atoms with van der Waals surface area (Å²) < 4.78 is 0. The van der Waals surface area contributed by atoms with Crippen molar-refractivity contribution in [2.45, 2.75) is 28.2 Å². The van der Waals surface area contributed by atoms with Crippen LogP contribution in [0.25, 0.3) is 0 Å². The molecule has 0 amide bonds. The quantitative estimate of drug-likeness (QED) is 0.383. The van der Waals surface area contributed by atoms with Crippen molar-refractivity contribution < 1.29 is 17.1 Å². The molecule has 0 saturated heterocycles. The number of hydrogen-bond acceptors (Lipinski definition) is 0. The van der Waals surface area contributed by atoms with Crippen molar-refractivity contribution in [1.82, 2.24) is 0 Å². The van der Waals surface area contributed by atoms with Gasteiger partial charge in [0.1, 0.15) is 0 Å². The van der Waals surface area contributed by atoms with E-state index in [2.05, 4.69) is 20.8 Å². The third kappa shape index (κ3) is 11.7. The monoisotopic (exact) mass is 213 g/mol. The molecule has 0 unspecified atom stereocenters. The molecule has 10 heavy (non-hydrogen) atoms. The van der Waals surface area contributed by atoms with Gasteiger partial charge in [-0.05, 0) is 28.7 Å². The van der Waals surface area contributed by atoms with Crippen LogP contribution in [0.15, 0.2) is 0 Å². The molecular formula is C8H23CuP. The molecule has 0 nitrogen and oxygen atoms in total. The summed E-state index contributed by atoms with van der Waals surface area (Å²) in [5.74, 6) is 0. The van der Waals surface area contributed by atoms with Gasteiger partial charge in [0.2, 0.25) is 0 Å². The molecule has 0 aromatic carbocycles. The molecule has 2 heteroatoms. The van der Waals surface area contributed by atoms with Crippen molar-refractivity contribution in [2.24, 2.45) is 0 Å². The molecule has 0 aromatic heterocycles. The van der Waals surface area contributed by atoms with Crippen LogP contribution in [0.1, 0.15) is 28.2 Å². The maximum atomic E-state index is 2.31. The van der Waals surface area contributed by atoms with Gasteiger partial charge < -0.3 is 7.43 Å². The molecule has 0 rings (SSSR count). The van der Waals surface area contributed by atoms with Gasteiger partial charge in [0, 0.05) is 17.1 Å². The molecule has 0 bridgehead atoms. The summed E-state index contributed by atoms with van der Waals surface area (Å²) in [7, 11) is 0.137. The Labute approximate surface area is 79.4 Å². The van der Waals surface area contributed by atoms with E-state index >= 15 is 0 Å². The first kappa shape index (κ1) is 22.4. The van der Waals surface area contributed by atoms with Crippen LogP contribution < -0.4 is 0 Å². The third-order valence-corrected chi connectivity index (χ3v) is 4.50. The van der Waals surface area contributed by atoms with Gasteiger partial charge in [-0.3, -0.25) is 0 Å². The van der Waals surface area contributed by atoms with Gasteiger partial charge in [-0.1, -0.05) is 7.43 Å². The zero-order valence-corrected chi connectivity index (χ0v) is 8.86. The average molecular weight is 214 g/mol. The van der Waals surface area contributed by atoms with E-state index in [1.54, 1.807) is 0 Å². The molecule has 0 spiro atoms. The van der Waals surface area contributed by atoms with Gasteiger partial charge >= 0.3 is 0 Å². The third-order valence-electron chi connectivity index (χ3n) is 1.50. The molecule has 0 atom stereocenters. The van der Waals surface area contributed by atoms with E-state index in [-0.39, 0.29) is 39.8 Å². The van der Waals surface area contributed by atoms with E-state index in [9.17, 15) is 0 Å². The second-order valence-electron chi connectivity index (χ2n) is 1.81. The molecule has 0 aliphatic carbocycles. The van der Waals surface area contributed by atoms with Crippen LogP contribution in [0.4, 0.5) is 0 Å². The van der Waals surface area contributed by atoms with E-state index < -0.39 is 0 Å². The predicted octanol–water partition coefficient (Wildman–Crippen LogP) is 3.34. The molecule has 0 saturated carbocycles. The molecule has 1 radical (unpaired) electrons. The van der Waals surface area contributed by atoms with Crippen molar-refractivity contribution in [3.8, 4) is 0 Å². The summed E-state index contributed by atoms with van der Waals surface area (Å²) in [6.07, 6.45) is 4.37. The minimum absolute atomic E-state index is 0. The Kier molecular flexibility index (Phi) is 37.0. The van der Waals surface area contributed by atoms with Gasteiger partial charge in [0.05, 0.1) is 18.5 Å². The van der Waals surface area contributed by atoms with Crippen LogP contribution >= 0.6 is 7.92 Å². The van der Waals surface area contributed by atoms with Crippen molar-refractivity contribution in [3.05, 3.63) is 7.43 Å². The normalized spacial score (nSPS) is 7.20. The smallest absolute Gasteiger partial charge is 0.0543 e. The fraction of sp³-hybridized carbons (Fsp3) is 0.875. The Hall–Kier alpha value is 0.949. The van der Waals surface area contributed by atoms with E-state index in [0.717, 1.165) is 0 Å². The Balaban J connectivity index is -0.0000000600. The van der Waals surface area contributed by atoms with E-state index in [1.165, 1.54) is 18.5 Å². The van der Waals surface area contributed by atoms with Gasteiger partial charge in [0.25, 0.3) is 0 Å². The molecule has 0 heterocycles. The maximum Gasteiger partial charge on any atom is 0.0543 e. The fourth-order valence-corrected chi connectivity index (χ4v) is 2.25. The molecular weight excluding hydrogens is 191 g/mol. The Morgan fingerprint density at radius 3 is 1.10 bits per heavy atom. The van der Waals surface area contributed by atoms with Crippen molar-refractivity contribution in [1.29, 1.82) is 0 Å². The summed E-state index contributed by atoms with van der Waals surface area (Å²) in [5, 5.41) is 0. The van der Waals surface area contributed by atoms with E-state index in [0.29, 0.717) is 0 Å². The molecule has 0 aromatic rings. The van der Waals surface area contributed by atoms with Gasteiger partial charge in [-0.25, -0.2) is 0 Å². The Bertz CT molecular complexity index is 30.7. The fourth-order valence-electron chi connectivity index (χ4n) is 0.750. The zero-order chi connectivity index (χ0) is 5.70. The largest absolute Gasteiger partial charge is 0.358 e. The van der Waals surface area contributed by atoms with Crippen LogP contribution in [0.2, 0.25) is 0 Å². The van der Waals surface area contributed by atoms with Crippen LogP contribution in [0.3, 0.4) is 0 Å². The SMILES string of the molecule is C.CC[PH+](CC)CC.[CH3-].[Cu]. The maximum absolute atomic E-state index is 2.31. The second-order valence-corrected chi connectivity index (χ2v) is 5.43. The second kappa shape index (κ2) is 16.5. The summed E-state index contributed by atoms with van der Waals surface area (Å²) in [6, 6.07) is 0. The molecule has 0 N–H and O–H groups in total. The average Bonchev–Trinajstić information content (AvgIpc) is 1.72. The van der Waals surface area contributed by atoms with Crippen molar-refractivity contribution >= 4 is 7.92 Å². The minimum Gasteiger partial charge on any atom is -0.358 e. The van der Waals surface area contributed by atoms with Crippen molar-refractivity contribution in [2.75, 3.05) is 18.5 Å². The zero-order valence-electron chi connectivity index (χ0n) is 6.92. The summed E-state index contributed by atoms with van der Waals surface area (Å²) >= 11 is 0. The van der Waals surface area contributed by atoms with Gasteiger partial charge in [-0.15, -0.1) is 0 Å². The number of rotatable bonds is 3. The summed E-state index contributed by atoms with van der Waals surface area (Å²) in [5.41, 5.74) is 0. The van der Waals surface area contributed by atoms with Gasteiger partial charge in [-0.2, -0.15) is 0 Å². The summed E-state index contributed by atoms with van der Waals surface area (Å²) in [4.78, 5) is 0. The van der Waals surface area contributed by atoms with E-state index in [1.807, 2.05) is 0 Å². The van der Waals surface area contributed by atoms with Crippen molar-refractivity contribution in [3.63, 3.8) is 0 Å². The molecule has 0 fully saturated rings. The Morgan fingerprint density at radius 1 is 0.900 bits per heavy atom. The van der Waals surface area contributed by atoms with Crippen LogP contribution in [0.5, 0.6) is 0 Å². The van der Waals surface area contributed by atoms with Crippen LogP contribution in [-0.4, -0.2) is 18.5 Å². The summed E-state index contributed by atoms with van der Waals surface area (Å²) in [6.45, 7) is 6.92. The molecule has 0 aliphatic heterocycles. The Morgan fingerprint density at radius 2 is 1.10 bits per heavy atom. The van der Waals surface area contributed by atoms with Crippen LogP contribution in [-0.2, 0) is 17.1 Å². The topological polar surface area (TPSA) is 0 Å². The first-order valence-electron chi connectivity index (χ1n) is 3.18. The molecule has 71 valence electrons. The predicted molar refractivity (Wildman–Crippen MR) is 53.1 cm³/mol. The minimum atomic E-state index is 0. The number of hydrogen-bond donors (Lipinski definition) is 0. The van der Waals surface area contributed by atoms with Gasteiger partial charge in [0.15, 0.2) is 0 Å².